The second kappa shape index (κ2) is 23.9. The third-order valence-electron chi connectivity index (χ3n) is 3.83. The summed E-state index contributed by atoms with van der Waals surface area (Å²) in [5.41, 5.74) is 6.53. The molecule has 0 spiro atoms. The fraction of sp³-hybridized carbons (Fsp3) is 0.444. The Bertz CT molecular complexity index is 659. The summed E-state index contributed by atoms with van der Waals surface area (Å²) in [5, 5.41) is 0. The van der Waals surface area contributed by atoms with Crippen LogP contribution in [0.15, 0.2) is 54.6 Å². The number of nitrogens with two attached hydrogens (primary N) is 1. The van der Waals surface area contributed by atoms with E-state index in [1.54, 1.807) is 0 Å². The quantitative estimate of drug-likeness (QED) is 0.307. The summed E-state index contributed by atoms with van der Waals surface area (Å²) in [7, 11) is 2.14. The van der Waals surface area contributed by atoms with E-state index in [1.165, 1.54) is 5.56 Å². The van der Waals surface area contributed by atoms with Crippen LogP contribution >= 0.6 is 0 Å². The molecule has 187 valence electrons. The summed E-state index contributed by atoms with van der Waals surface area (Å²) in [5.74, 6) is 1.74. The summed E-state index contributed by atoms with van der Waals surface area (Å²) < 4.78 is 10.3. The molecule has 2 rings (SSSR count). The van der Waals surface area contributed by atoms with Crippen LogP contribution in [0.2, 0.25) is 0 Å². The molecular formula is C27H46N2O3Y-2. The van der Waals surface area contributed by atoms with Crippen LogP contribution in [-0.4, -0.2) is 43.7 Å². The van der Waals surface area contributed by atoms with Gasteiger partial charge in [-0.1, -0.05) is 44.2 Å². The first kappa shape index (κ1) is 39.0. The van der Waals surface area contributed by atoms with Gasteiger partial charge in [0.15, 0.2) is 0 Å². The Morgan fingerprint density at radius 1 is 0.909 bits per heavy atom. The van der Waals surface area contributed by atoms with E-state index in [2.05, 4.69) is 28.8 Å². The number of hydrogen-bond donors (Lipinski definition) is 1. The fourth-order valence-corrected chi connectivity index (χ4v) is 2.29. The molecule has 2 aromatic carbocycles. The van der Waals surface area contributed by atoms with Crippen LogP contribution in [0.4, 0.5) is 0 Å². The standard InChI is InChI=1S/C18H24N2O.C5H10O2.C2H6.2CH3.Y/c1-20(14-5-13-19)15-12-16-8-10-18(11-9-16)21-17-6-3-2-4-7-17;1-5(2,3)7-4-6;1-2;;;/h2-4,6-11H,5,12-15,19H2,1H3;4H,1-3H3;1-2H3;2*1H3;/q;;;2*-1;. The molecule has 0 aliphatic heterocycles. The van der Waals surface area contributed by atoms with Gasteiger partial charge in [0.1, 0.15) is 17.1 Å². The number of carbonyl (C=O) groups excluding carboxylic acids is 1. The third kappa shape index (κ3) is 22.3. The molecule has 0 unspecified atom stereocenters. The van der Waals surface area contributed by atoms with E-state index in [0.717, 1.165) is 44.0 Å². The van der Waals surface area contributed by atoms with E-state index >= 15 is 0 Å². The Morgan fingerprint density at radius 3 is 1.85 bits per heavy atom. The van der Waals surface area contributed by atoms with Crippen molar-refractivity contribution >= 4 is 6.47 Å². The number of rotatable bonds is 9. The third-order valence-corrected chi connectivity index (χ3v) is 3.83. The summed E-state index contributed by atoms with van der Waals surface area (Å²) in [4.78, 5) is 11.9. The predicted molar refractivity (Wildman–Crippen MR) is 139 cm³/mol. The zero-order chi connectivity index (χ0) is 22.8. The van der Waals surface area contributed by atoms with Crippen LogP contribution in [0.5, 0.6) is 11.5 Å². The minimum absolute atomic E-state index is 0. The van der Waals surface area contributed by atoms with Crippen LogP contribution in [0.25, 0.3) is 0 Å². The van der Waals surface area contributed by atoms with Gasteiger partial charge in [-0.15, -0.1) is 0 Å². The van der Waals surface area contributed by atoms with E-state index in [9.17, 15) is 4.79 Å². The van der Waals surface area contributed by atoms with Gasteiger partial charge in [-0.05, 0) is 83.6 Å². The van der Waals surface area contributed by atoms with Crippen molar-refractivity contribution in [2.45, 2.75) is 53.1 Å². The van der Waals surface area contributed by atoms with Crippen molar-refractivity contribution in [2.24, 2.45) is 5.73 Å². The van der Waals surface area contributed by atoms with Crippen molar-refractivity contribution in [3.8, 4) is 11.5 Å². The summed E-state index contributed by atoms with van der Waals surface area (Å²) in [6.45, 7) is 12.8. The molecule has 0 saturated heterocycles. The zero-order valence-corrected chi connectivity index (χ0v) is 25.0. The molecule has 0 aliphatic rings. The van der Waals surface area contributed by atoms with Gasteiger partial charge < -0.3 is 35.0 Å². The zero-order valence-electron chi connectivity index (χ0n) is 22.1. The van der Waals surface area contributed by atoms with Crippen LogP contribution < -0.4 is 10.5 Å². The van der Waals surface area contributed by atoms with E-state index in [4.69, 9.17) is 10.5 Å². The minimum atomic E-state index is -0.318. The molecule has 0 fully saturated rings. The Kier molecular flexibility index (Phi) is 28.2. The summed E-state index contributed by atoms with van der Waals surface area (Å²) >= 11 is 0. The topological polar surface area (TPSA) is 64.8 Å². The first-order valence-corrected chi connectivity index (χ1v) is 10.7. The average Bonchev–Trinajstić information content (AvgIpc) is 2.73. The van der Waals surface area contributed by atoms with E-state index < -0.39 is 0 Å². The van der Waals surface area contributed by atoms with Crippen LogP contribution in [0, 0.1) is 14.9 Å². The summed E-state index contributed by atoms with van der Waals surface area (Å²) in [6, 6.07) is 18.2. The van der Waals surface area contributed by atoms with Crippen molar-refractivity contribution < 1.29 is 47.0 Å². The largest absolute Gasteiger partial charge is 0.462 e. The van der Waals surface area contributed by atoms with Gasteiger partial charge >= 0.3 is 0 Å². The minimum Gasteiger partial charge on any atom is -0.462 e. The van der Waals surface area contributed by atoms with Crippen molar-refractivity contribution in [2.75, 3.05) is 26.7 Å². The van der Waals surface area contributed by atoms with Crippen LogP contribution in [0.1, 0.15) is 46.6 Å². The SMILES string of the molecule is CC.CC(C)(C)OC=O.CN(CCCN)CCc1ccc(Oc2ccccc2)cc1.[CH3-].[CH3-].[Y]. The van der Waals surface area contributed by atoms with Crippen molar-refractivity contribution in [1.29, 1.82) is 0 Å². The molecule has 6 heteroatoms. The maximum Gasteiger partial charge on any atom is 0.293 e. The Hall–Kier alpha value is -1.27. The van der Waals surface area contributed by atoms with Crippen molar-refractivity contribution in [3.63, 3.8) is 0 Å². The fourth-order valence-electron chi connectivity index (χ4n) is 2.29. The van der Waals surface area contributed by atoms with Gasteiger partial charge in [0.2, 0.25) is 0 Å². The smallest absolute Gasteiger partial charge is 0.293 e. The molecule has 2 aromatic rings. The Morgan fingerprint density at radius 2 is 1.42 bits per heavy atom. The number of nitrogens with zero attached hydrogens (tertiary/aromatic N) is 1. The molecule has 0 aliphatic carbocycles. The first-order chi connectivity index (χ1) is 14.3. The number of para-hydroxylation sites is 1. The molecule has 0 heterocycles. The van der Waals surface area contributed by atoms with Gasteiger partial charge in [0.05, 0.1) is 0 Å². The second-order valence-electron chi connectivity index (χ2n) is 7.58. The van der Waals surface area contributed by atoms with Gasteiger partial charge in [-0.3, -0.25) is 4.79 Å². The number of benzene rings is 2. The van der Waals surface area contributed by atoms with Crippen LogP contribution in [-0.2, 0) is 48.7 Å². The number of ether oxygens (including phenoxy) is 2. The molecular weight excluding hydrogens is 489 g/mol. The maximum absolute atomic E-state index is 9.60. The Labute approximate surface area is 229 Å². The molecule has 1 radical (unpaired) electrons. The van der Waals surface area contributed by atoms with E-state index in [-0.39, 0.29) is 53.2 Å². The number of likely N-dealkylation sites (N-methyl/N-ethyl adjacent to an activating group) is 1. The van der Waals surface area contributed by atoms with Gasteiger partial charge in [0.25, 0.3) is 6.47 Å². The van der Waals surface area contributed by atoms with E-state index in [0.29, 0.717) is 6.47 Å². The molecule has 5 nitrogen and oxygen atoms in total. The molecule has 2 N–H and O–H groups in total. The van der Waals surface area contributed by atoms with E-state index in [1.807, 2.05) is 77.1 Å². The number of hydrogen-bond acceptors (Lipinski definition) is 5. The van der Waals surface area contributed by atoms with Crippen molar-refractivity contribution in [3.05, 3.63) is 75.0 Å². The normalized spacial score (nSPS) is 9.33. The Balaban J connectivity index is -0.000000304. The molecule has 0 bridgehead atoms. The predicted octanol–water partition coefficient (Wildman–Crippen LogP) is 6.18. The summed E-state index contributed by atoms with van der Waals surface area (Å²) in [6.07, 6.45) is 2.10. The first-order valence-electron chi connectivity index (χ1n) is 10.7. The van der Waals surface area contributed by atoms with Gasteiger partial charge in [0, 0.05) is 39.3 Å². The maximum atomic E-state index is 9.60. The molecule has 0 atom stereocenters. The molecule has 0 amide bonds. The van der Waals surface area contributed by atoms with Crippen LogP contribution in [0.3, 0.4) is 0 Å². The molecule has 0 saturated carbocycles. The van der Waals surface area contributed by atoms with Gasteiger partial charge in [-0.25, -0.2) is 0 Å². The monoisotopic (exact) mass is 535 g/mol. The average molecular weight is 536 g/mol. The number of carbonyl (C=O) groups is 1. The second-order valence-corrected chi connectivity index (χ2v) is 7.58. The molecule has 0 aromatic heterocycles. The van der Waals surface area contributed by atoms with Crippen molar-refractivity contribution in [1.82, 2.24) is 4.90 Å². The van der Waals surface area contributed by atoms with Gasteiger partial charge in [-0.2, -0.15) is 0 Å². The molecule has 33 heavy (non-hydrogen) atoms.